The van der Waals surface area contributed by atoms with Crippen LogP contribution >= 0.6 is 12.6 Å². The number of hydrogen-bond acceptors (Lipinski definition) is 1. The Morgan fingerprint density at radius 2 is 2.40 bits per heavy atom. The Morgan fingerprint density at radius 1 is 1.60 bits per heavy atom. The summed E-state index contributed by atoms with van der Waals surface area (Å²) in [5, 5.41) is 0. The zero-order valence-corrected chi connectivity index (χ0v) is 6.64. The van der Waals surface area contributed by atoms with Gasteiger partial charge in [-0.1, -0.05) is 30.9 Å². The quantitative estimate of drug-likeness (QED) is 0.546. The third-order valence-electron chi connectivity index (χ3n) is 1.26. The van der Waals surface area contributed by atoms with E-state index < -0.39 is 0 Å². The van der Waals surface area contributed by atoms with Crippen molar-refractivity contribution >= 4 is 12.6 Å². The van der Waals surface area contributed by atoms with Gasteiger partial charge < -0.3 is 0 Å². The molecule has 0 aliphatic heterocycles. The zero-order valence-electron chi connectivity index (χ0n) is 5.75. The van der Waals surface area contributed by atoms with Crippen LogP contribution in [0.4, 0.5) is 0 Å². The minimum atomic E-state index is 0.815. The van der Waals surface area contributed by atoms with Crippen LogP contribution in [-0.4, -0.2) is 0 Å². The second-order valence-corrected chi connectivity index (χ2v) is 2.78. The van der Waals surface area contributed by atoms with Crippen molar-refractivity contribution < 1.29 is 0 Å². The molecule has 0 aromatic carbocycles. The maximum absolute atomic E-state index is 4.08. The second-order valence-electron chi connectivity index (χ2n) is 2.20. The Bertz CT molecular complexity index is 219. The molecule has 0 radical (unpaired) electrons. The first-order valence-corrected chi connectivity index (χ1v) is 3.65. The second kappa shape index (κ2) is 3.47. The van der Waals surface area contributed by atoms with Gasteiger partial charge in [0.1, 0.15) is 0 Å². The van der Waals surface area contributed by atoms with E-state index in [0.717, 1.165) is 11.3 Å². The molecule has 1 aliphatic rings. The smallest absolute Gasteiger partial charge is 0.00292 e. The Hall–Kier alpha value is -0.690. The van der Waals surface area contributed by atoms with Crippen molar-refractivity contribution in [2.75, 3.05) is 0 Å². The lowest BCUT2D eigenvalue weighted by Gasteiger charge is -2.00. The Labute approximate surface area is 67.0 Å². The molecule has 0 saturated carbocycles. The topological polar surface area (TPSA) is 0 Å². The van der Waals surface area contributed by atoms with Crippen molar-refractivity contribution in [2.24, 2.45) is 0 Å². The molecule has 1 rings (SSSR count). The fourth-order valence-electron chi connectivity index (χ4n) is 0.851. The van der Waals surface area contributed by atoms with Gasteiger partial charge in [0.25, 0.3) is 0 Å². The van der Waals surface area contributed by atoms with Crippen molar-refractivity contribution in [1.82, 2.24) is 0 Å². The zero-order chi connectivity index (χ0) is 7.40. The first-order valence-electron chi connectivity index (χ1n) is 3.20. The first kappa shape index (κ1) is 7.42. The number of hydrogen-bond donors (Lipinski definition) is 1. The maximum Gasteiger partial charge on any atom is -0.00292 e. The van der Waals surface area contributed by atoms with E-state index in [1.54, 1.807) is 0 Å². The van der Waals surface area contributed by atoms with Gasteiger partial charge in [-0.05, 0) is 23.0 Å². The Balaban J connectivity index is 2.67. The fourth-order valence-corrected chi connectivity index (χ4v) is 1.02. The molecular formula is C9H10S. The molecular weight excluding hydrogens is 140 g/mol. The van der Waals surface area contributed by atoms with E-state index >= 15 is 0 Å². The minimum absolute atomic E-state index is 0.815. The summed E-state index contributed by atoms with van der Waals surface area (Å²) in [5.41, 5.74) is 1.27. The summed E-state index contributed by atoms with van der Waals surface area (Å²) in [7, 11) is 0. The molecule has 0 fully saturated rings. The van der Waals surface area contributed by atoms with Crippen molar-refractivity contribution in [3.63, 3.8) is 0 Å². The highest BCUT2D eigenvalue weighted by molar-refractivity contribution is 7.84. The van der Waals surface area contributed by atoms with Gasteiger partial charge in [-0.3, -0.25) is 0 Å². The van der Waals surface area contributed by atoms with Gasteiger partial charge in [0.05, 0.1) is 0 Å². The first-order chi connectivity index (χ1) is 4.79. The van der Waals surface area contributed by atoms with E-state index in [0.29, 0.717) is 0 Å². The molecule has 0 unspecified atom stereocenters. The van der Waals surface area contributed by atoms with Crippen LogP contribution in [0.1, 0.15) is 6.42 Å². The predicted octanol–water partition coefficient (Wildman–Crippen LogP) is 2.87. The van der Waals surface area contributed by atoms with E-state index in [4.69, 9.17) is 0 Å². The van der Waals surface area contributed by atoms with Crippen molar-refractivity contribution in [3.8, 4) is 0 Å². The van der Waals surface area contributed by atoms with Gasteiger partial charge in [-0.15, -0.1) is 12.6 Å². The molecule has 52 valence electrons. The molecule has 0 heterocycles. The van der Waals surface area contributed by atoms with Crippen molar-refractivity contribution in [3.05, 3.63) is 47.4 Å². The largest absolute Gasteiger partial charge is 0.144 e. The molecule has 1 aliphatic carbocycles. The monoisotopic (exact) mass is 150 g/mol. The molecule has 0 aromatic heterocycles. The van der Waals surface area contributed by atoms with Gasteiger partial charge in [0, 0.05) is 0 Å². The van der Waals surface area contributed by atoms with E-state index in [1.807, 2.05) is 18.2 Å². The Morgan fingerprint density at radius 3 is 2.90 bits per heavy atom. The van der Waals surface area contributed by atoms with Gasteiger partial charge in [0.2, 0.25) is 0 Å². The third-order valence-corrected chi connectivity index (χ3v) is 1.39. The highest BCUT2D eigenvalue weighted by Crippen LogP contribution is 2.13. The minimum Gasteiger partial charge on any atom is -0.144 e. The highest BCUT2D eigenvalue weighted by Gasteiger charge is 1.91. The lowest BCUT2D eigenvalue weighted by Crippen LogP contribution is -1.79. The molecule has 0 atom stereocenters. The normalized spacial score (nSPS) is 19.9. The van der Waals surface area contributed by atoms with Crippen LogP contribution in [-0.2, 0) is 0 Å². The van der Waals surface area contributed by atoms with Crippen LogP contribution in [0.5, 0.6) is 0 Å². The molecule has 0 nitrogen and oxygen atoms in total. The van der Waals surface area contributed by atoms with E-state index in [2.05, 4.69) is 31.4 Å². The van der Waals surface area contributed by atoms with Crippen LogP contribution < -0.4 is 0 Å². The summed E-state index contributed by atoms with van der Waals surface area (Å²) in [5.74, 6) is 0. The van der Waals surface area contributed by atoms with E-state index in [-0.39, 0.29) is 0 Å². The van der Waals surface area contributed by atoms with Gasteiger partial charge in [0.15, 0.2) is 0 Å². The van der Waals surface area contributed by atoms with Crippen LogP contribution in [0.3, 0.4) is 0 Å². The summed E-state index contributed by atoms with van der Waals surface area (Å²) in [6.07, 6.45) is 11.2. The summed E-state index contributed by atoms with van der Waals surface area (Å²) < 4.78 is 0. The van der Waals surface area contributed by atoms with Gasteiger partial charge >= 0.3 is 0 Å². The summed E-state index contributed by atoms with van der Waals surface area (Å²) >= 11 is 4.08. The summed E-state index contributed by atoms with van der Waals surface area (Å²) in [6, 6.07) is 0. The average molecular weight is 150 g/mol. The number of rotatable bonds is 1. The highest BCUT2D eigenvalue weighted by atomic mass is 32.1. The molecule has 0 bridgehead atoms. The fraction of sp³-hybridized carbons (Fsp3) is 0.111. The van der Waals surface area contributed by atoms with Gasteiger partial charge in [-0.25, -0.2) is 0 Å². The molecule has 10 heavy (non-hydrogen) atoms. The maximum atomic E-state index is 4.08. The molecule has 0 saturated heterocycles. The van der Waals surface area contributed by atoms with Crippen LogP contribution in [0.15, 0.2) is 47.4 Å². The van der Waals surface area contributed by atoms with E-state index in [9.17, 15) is 0 Å². The molecule has 0 N–H and O–H groups in total. The predicted molar refractivity (Wildman–Crippen MR) is 49.1 cm³/mol. The third kappa shape index (κ3) is 2.28. The molecule has 0 spiro atoms. The number of allylic oxidation sites excluding steroid dienone is 6. The summed E-state index contributed by atoms with van der Waals surface area (Å²) in [4.78, 5) is 0.815. The average Bonchev–Trinajstić information content (AvgIpc) is 1.88. The van der Waals surface area contributed by atoms with Crippen molar-refractivity contribution in [2.45, 2.75) is 6.42 Å². The van der Waals surface area contributed by atoms with Crippen LogP contribution in [0.2, 0.25) is 0 Å². The van der Waals surface area contributed by atoms with Crippen LogP contribution in [0, 0.1) is 0 Å². The Kier molecular flexibility index (Phi) is 2.57. The molecule has 0 aromatic rings. The SMILES string of the molecule is C=C(S)/C=C1/C=CC=CC1. The number of thiol groups is 1. The molecule has 0 amide bonds. The van der Waals surface area contributed by atoms with E-state index in [1.165, 1.54) is 5.57 Å². The van der Waals surface area contributed by atoms with Crippen LogP contribution in [0.25, 0.3) is 0 Å². The standard InChI is InChI=1S/C9H10S/c1-8(10)7-9-5-3-2-4-6-9/h2-5,7,10H,1,6H2/b9-7-. The summed E-state index contributed by atoms with van der Waals surface area (Å²) in [6.45, 7) is 3.68. The van der Waals surface area contributed by atoms with Gasteiger partial charge in [-0.2, -0.15) is 0 Å². The van der Waals surface area contributed by atoms with Crippen molar-refractivity contribution in [1.29, 1.82) is 0 Å². The lowest BCUT2D eigenvalue weighted by atomic mass is 10.1. The lowest BCUT2D eigenvalue weighted by molar-refractivity contribution is 1.26. The molecule has 1 heteroatoms.